The van der Waals surface area contributed by atoms with Crippen molar-refractivity contribution in [3.63, 3.8) is 0 Å². The van der Waals surface area contributed by atoms with Crippen LogP contribution in [0.3, 0.4) is 0 Å². The van der Waals surface area contributed by atoms with Crippen LogP contribution in [0.2, 0.25) is 0 Å². The fraction of sp³-hybridized carbons (Fsp3) is 0.917. The first-order valence-electron chi connectivity index (χ1n) is 22.4. The first kappa shape index (κ1) is 55.8. The average Bonchev–Trinajstić information content (AvgIpc) is 2.99. The molecule has 7 nitrogen and oxygen atoms in total. The number of nitrogens with zero attached hydrogens (tertiary/aromatic N) is 4. The fourth-order valence-corrected chi connectivity index (χ4v) is 9.02. The lowest BCUT2D eigenvalue weighted by Gasteiger charge is -2.80. The molecular weight excluding hydrogens is 675 g/mol. The lowest BCUT2D eigenvalue weighted by atomic mass is 9.39. The Labute approximate surface area is 346 Å². The number of hydrogen-bond acceptors (Lipinski definition) is 5. The molecule has 4 N–H and O–H groups in total. The summed E-state index contributed by atoms with van der Waals surface area (Å²) < 4.78 is 0. The molecule has 1 heterocycles. The van der Waals surface area contributed by atoms with Crippen LogP contribution in [0.5, 0.6) is 0 Å². The zero-order valence-corrected chi connectivity index (χ0v) is 41.8. The quantitative estimate of drug-likeness (QED) is 0.0668. The fourth-order valence-electron chi connectivity index (χ4n) is 9.02. The smallest absolute Gasteiger partial charge is 0.225 e. The van der Waals surface area contributed by atoms with Crippen LogP contribution in [0, 0.1) is 22.7 Å². The van der Waals surface area contributed by atoms with Gasteiger partial charge in [-0.25, -0.2) is 9.98 Å². The predicted octanol–water partition coefficient (Wildman–Crippen LogP) is 12.5. The van der Waals surface area contributed by atoms with E-state index in [4.69, 9.17) is 5.73 Å². The summed E-state index contributed by atoms with van der Waals surface area (Å²) >= 11 is 0. The molecule has 0 aromatic carbocycles. The van der Waals surface area contributed by atoms with Crippen LogP contribution in [0.1, 0.15) is 211 Å². The van der Waals surface area contributed by atoms with Crippen molar-refractivity contribution in [2.45, 2.75) is 251 Å². The van der Waals surface area contributed by atoms with Gasteiger partial charge in [0, 0.05) is 58.1 Å². The molecule has 1 saturated carbocycles. The van der Waals surface area contributed by atoms with Gasteiger partial charge in [0.15, 0.2) is 0 Å². The van der Waals surface area contributed by atoms with E-state index in [0.29, 0.717) is 34.4 Å². The zero-order valence-electron chi connectivity index (χ0n) is 41.8. The summed E-state index contributed by atoms with van der Waals surface area (Å²) in [7, 11) is 2.06. The molecule has 2 aliphatic rings. The monoisotopic (exact) mass is 776 g/mol. The minimum Gasteiger partial charge on any atom is -0.341 e. The Balaban J connectivity index is 0. The first-order chi connectivity index (χ1) is 24.8. The second kappa shape index (κ2) is 23.3. The highest BCUT2D eigenvalue weighted by molar-refractivity contribution is 5.95. The number of hydrogen-bond donors (Lipinski definition) is 3. The minimum atomic E-state index is 0.166. The molecule has 0 spiro atoms. The van der Waals surface area contributed by atoms with Crippen molar-refractivity contribution in [1.29, 1.82) is 0 Å². The number of aliphatic imine (C=N–C) groups is 2. The molecule has 0 radical (unpaired) electrons. The lowest BCUT2D eigenvalue weighted by Crippen LogP contribution is -2.94. The van der Waals surface area contributed by atoms with Gasteiger partial charge in [0.1, 0.15) is 0 Å². The van der Waals surface area contributed by atoms with Gasteiger partial charge in [-0.3, -0.25) is 4.90 Å². The molecule has 55 heavy (non-hydrogen) atoms. The van der Waals surface area contributed by atoms with E-state index in [1.165, 1.54) is 44.9 Å². The second-order valence-electron chi connectivity index (χ2n) is 21.6. The molecule has 0 aromatic rings. The highest BCUT2D eigenvalue weighted by Crippen LogP contribution is 2.65. The number of nitrogens with two attached hydrogens (primary N) is 1. The van der Waals surface area contributed by atoms with Crippen molar-refractivity contribution >= 4 is 11.7 Å². The summed E-state index contributed by atoms with van der Waals surface area (Å²) in [4.78, 5) is 13.9. The van der Waals surface area contributed by atoms with Crippen molar-refractivity contribution in [3.05, 3.63) is 12.3 Å². The predicted molar refractivity (Wildman–Crippen MR) is 251 cm³/mol. The molecule has 7 heteroatoms. The van der Waals surface area contributed by atoms with Crippen molar-refractivity contribution in [2.24, 2.45) is 38.4 Å². The largest absolute Gasteiger partial charge is 0.341 e. The topological polar surface area (TPSA) is 81.3 Å². The highest BCUT2D eigenvalue weighted by atomic mass is 15.3. The van der Waals surface area contributed by atoms with Crippen LogP contribution in [0.15, 0.2) is 22.3 Å². The maximum Gasteiger partial charge on any atom is 0.225 e. The SMILES string of the molecule is C=C(N=C(N=C(C)C)N(C)C(C)CC(C)(C)C)C(C)C.CC.CC(C)CC(C)(C)NC(C)(C)C.CCCCCCCN(C(C)N)C1CC2(C)NC(C)(C)C12C. The van der Waals surface area contributed by atoms with Crippen molar-refractivity contribution in [3.8, 4) is 0 Å². The van der Waals surface area contributed by atoms with Crippen LogP contribution in [-0.2, 0) is 0 Å². The number of nitrogens with one attached hydrogen (secondary N) is 2. The Hall–Kier alpha value is -1.28. The zero-order chi connectivity index (χ0) is 44.0. The minimum absolute atomic E-state index is 0.166. The number of guanidine groups is 1. The van der Waals surface area contributed by atoms with Crippen LogP contribution < -0.4 is 16.4 Å². The molecule has 1 saturated heterocycles. The van der Waals surface area contributed by atoms with E-state index in [0.717, 1.165) is 36.3 Å². The third kappa shape index (κ3) is 18.9. The van der Waals surface area contributed by atoms with E-state index >= 15 is 0 Å². The summed E-state index contributed by atoms with van der Waals surface area (Å²) in [5.41, 5.74) is 9.85. The van der Waals surface area contributed by atoms with Crippen LogP contribution in [0.4, 0.5) is 0 Å². The molecule has 5 unspecified atom stereocenters. The number of fused-ring (bicyclic) bond motifs is 1. The number of piperidine rings is 1. The Kier molecular flexibility index (Phi) is 23.7. The third-order valence-electron chi connectivity index (χ3n) is 11.5. The molecule has 2 fully saturated rings. The Morgan fingerprint density at radius 1 is 0.855 bits per heavy atom. The van der Waals surface area contributed by atoms with Gasteiger partial charge in [0.2, 0.25) is 5.96 Å². The van der Waals surface area contributed by atoms with Crippen molar-refractivity contribution in [2.75, 3.05) is 13.6 Å². The molecule has 5 atom stereocenters. The normalized spacial score (nSPS) is 23.1. The maximum atomic E-state index is 6.32. The summed E-state index contributed by atoms with van der Waals surface area (Å²) in [5, 5.41) is 7.40. The lowest BCUT2D eigenvalue weighted by molar-refractivity contribution is -0.244. The summed E-state index contributed by atoms with van der Waals surface area (Å²) in [5.74, 6) is 1.86. The Bertz CT molecular complexity index is 1130. The molecule has 328 valence electrons. The van der Waals surface area contributed by atoms with Crippen LogP contribution in [-0.4, -0.2) is 75.5 Å². The van der Waals surface area contributed by atoms with Crippen molar-refractivity contribution < 1.29 is 0 Å². The van der Waals surface area contributed by atoms with Crippen LogP contribution in [0.25, 0.3) is 0 Å². The van der Waals surface area contributed by atoms with E-state index < -0.39 is 0 Å². The molecule has 1 aliphatic heterocycles. The standard InChI is InChI=1S/C18H37N3.C17H33N3.C11H25N.C2H6/c1-7-8-9-10-11-12-21(14(2)19)15-13-17(5)18(15,6)16(3,4)20-17;1-12(2)15(6)19-16(18-13(3)4)20(10)14(5)11-17(7,8)9;1-9(2)8-11(6,7)12-10(3,4)5;1-2/h14-15,20H,7-13,19H2,1-6H3;12,14H,6,11H2,1-5,7-10H3;9,12H,8H2,1-7H3;1-2H3. The molecule has 1 aliphatic carbocycles. The van der Waals surface area contributed by atoms with E-state index in [2.05, 4.69) is 176 Å². The number of unbranched alkanes of at least 4 members (excludes halogenated alkanes) is 4. The van der Waals surface area contributed by atoms with Gasteiger partial charge in [0.05, 0.1) is 6.17 Å². The van der Waals surface area contributed by atoms with E-state index in [1.807, 2.05) is 27.7 Å². The van der Waals surface area contributed by atoms with Gasteiger partial charge in [-0.05, 0) is 133 Å². The summed E-state index contributed by atoms with van der Waals surface area (Å²) in [6, 6.07) is 1.02. The van der Waals surface area contributed by atoms with E-state index in [9.17, 15) is 0 Å². The second-order valence-corrected chi connectivity index (χ2v) is 21.6. The van der Waals surface area contributed by atoms with Gasteiger partial charge in [0.25, 0.3) is 0 Å². The molecule has 2 rings (SSSR count). The van der Waals surface area contributed by atoms with Gasteiger partial charge in [-0.1, -0.05) is 108 Å². The van der Waals surface area contributed by atoms with Gasteiger partial charge in [-0.15, -0.1) is 0 Å². The van der Waals surface area contributed by atoms with E-state index in [-0.39, 0.29) is 22.8 Å². The first-order valence-corrected chi connectivity index (χ1v) is 22.4. The van der Waals surface area contributed by atoms with Crippen LogP contribution >= 0.6 is 0 Å². The summed E-state index contributed by atoms with van der Waals surface area (Å²) in [6.07, 6.45) is 10.4. The highest BCUT2D eigenvalue weighted by Gasteiger charge is 2.75. The van der Waals surface area contributed by atoms with Crippen molar-refractivity contribution in [1.82, 2.24) is 20.4 Å². The molecular formula is C48H101N7. The molecule has 0 aromatic heterocycles. The van der Waals surface area contributed by atoms with Gasteiger partial charge < -0.3 is 21.3 Å². The summed E-state index contributed by atoms with van der Waals surface area (Å²) in [6.45, 7) is 56.1. The number of rotatable bonds is 15. The third-order valence-corrected chi connectivity index (χ3v) is 11.5. The number of allylic oxidation sites excluding steroid dienone is 1. The average molecular weight is 776 g/mol. The molecule has 0 bridgehead atoms. The van der Waals surface area contributed by atoms with Gasteiger partial charge >= 0.3 is 0 Å². The molecule has 0 amide bonds. The maximum absolute atomic E-state index is 6.32. The Morgan fingerprint density at radius 3 is 1.73 bits per heavy atom. The van der Waals surface area contributed by atoms with E-state index in [1.54, 1.807) is 0 Å². The van der Waals surface area contributed by atoms with Gasteiger partial charge in [-0.2, -0.15) is 0 Å². The Morgan fingerprint density at radius 2 is 1.36 bits per heavy atom.